The van der Waals surface area contributed by atoms with Crippen molar-refractivity contribution in [3.8, 4) is 11.5 Å². The van der Waals surface area contributed by atoms with Gasteiger partial charge in [0.05, 0.1) is 32.0 Å². The molecule has 0 atom stereocenters. The van der Waals surface area contributed by atoms with Crippen LogP contribution >= 0.6 is 0 Å². The van der Waals surface area contributed by atoms with Gasteiger partial charge in [-0.3, -0.25) is 9.59 Å². The number of fused-ring (bicyclic) bond motifs is 1. The highest BCUT2D eigenvalue weighted by molar-refractivity contribution is 6.00. The molecule has 156 valence electrons. The Bertz CT molecular complexity index is 1090. The SMILES string of the molecule is CCOc1ccc(C(=O)NCC(=O)N/N=C/c2c[nH]c3c(F)cccc23)cc1OC. The molecule has 0 aliphatic carbocycles. The van der Waals surface area contributed by atoms with Crippen LogP contribution in [-0.4, -0.2) is 43.3 Å². The smallest absolute Gasteiger partial charge is 0.259 e. The number of carbonyl (C=O) groups excluding carboxylic acids is 2. The molecule has 8 nitrogen and oxygen atoms in total. The number of hydrogen-bond donors (Lipinski definition) is 3. The number of hydrogen-bond acceptors (Lipinski definition) is 5. The summed E-state index contributed by atoms with van der Waals surface area (Å²) in [6, 6.07) is 9.42. The molecule has 1 aromatic heterocycles. The summed E-state index contributed by atoms with van der Waals surface area (Å²) in [5.74, 6) is -0.370. The first kappa shape index (κ1) is 20.8. The third kappa shape index (κ3) is 4.75. The van der Waals surface area contributed by atoms with E-state index in [1.54, 1.807) is 30.5 Å². The Balaban J connectivity index is 1.54. The van der Waals surface area contributed by atoms with Gasteiger partial charge in [0.25, 0.3) is 11.8 Å². The van der Waals surface area contributed by atoms with Gasteiger partial charge < -0.3 is 19.8 Å². The second kappa shape index (κ2) is 9.55. The Labute approximate surface area is 172 Å². The number of ether oxygens (including phenoxy) is 2. The first-order valence-electron chi connectivity index (χ1n) is 9.20. The second-order valence-electron chi connectivity index (χ2n) is 6.18. The van der Waals surface area contributed by atoms with Gasteiger partial charge in [0.2, 0.25) is 0 Å². The third-order valence-electron chi connectivity index (χ3n) is 4.22. The van der Waals surface area contributed by atoms with Gasteiger partial charge in [-0.2, -0.15) is 5.10 Å². The van der Waals surface area contributed by atoms with E-state index in [-0.39, 0.29) is 12.4 Å². The van der Waals surface area contributed by atoms with Crippen molar-refractivity contribution in [3.05, 3.63) is 59.5 Å². The molecule has 0 bridgehead atoms. The number of hydrazone groups is 1. The fourth-order valence-corrected chi connectivity index (χ4v) is 2.81. The molecule has 0 radical (unpaired) electrons. The van der Waals surface area contributed by atoms with Crippen LogP contribution in [0.5, 0.6) is 11.5 Å². The molecule has 0 saturated carbocycles. The zero-order valence-corrected chi connectivity index (χ0v) is 16.5. The van der Waals surface area contributed by atoms with Crippen molar-refractivity contribution in [1.29, 1.82) is 0 Å². The molecule has 0 fully saturated rings. The van der Waals surface area contributed by atoms with E-state index in [9.17, 15) is 14.0 Å². The molecular weight excluding hydrogens is 391 g/mol. The molecule has 0 unspecified atom stereocenters. The average molecular weight is 412 g/mol. The number of aromatic amines is 1. The van der Waals surface area contributed by atoms with Crippen molar-refractivity contribution in [2.45, 2.75) is 6.92 Å². The largest absolute Gasteiger partial charge is 0.493 e. The molecule has 0 aliphatic rings. The number of benzene rings is 2. The van der Waals surface area contributed by atoms with Crippen LogP contribution in [0, 0.1) is 5.82 Å². The lowest BCUT2D eigenvalue weighted by molar-refractivity contribution is -0.120. The molecule has 0 aliphatic heterocycles. The van der Waals surface area contributed by atoms with Crippen LogP contribution in [0.3, 0.4) is 0 Å². The normalized spacial score (nSPS) is 10.9. The van der Waals surface area contributed by atoms with Crippen LogP contribution in [-0.2, 0) is 4.79 Å². The van der Waals surface area contributed by atoms with E-state index in [0.717, 1.165) is 0 Å². The predicted octanol–water partition coefficient (Wildman–Crippen LogP) is 2.59. The van der Waals surface area contributed by atoms with Gasteiger partial charge in [0.1, 0.15) is 5.82 Å². The second-order valence-corrected chi connectivity index (χ2v) is 6.18. The van der Waals surface area contributed by atoms with E-state index in [0.29, 0.717) is 40.1 Å². The number of rotatable bonds is 8. The fourth-order valence-electron chi connectivity index (χ4n) is 2.81. The summed E-state index contributed by atoms with van der Waals surface area (Å²) in [4.78, 5) is 27.0. The van der Waals surface area contributed by atoms with Crippen LogP contribution in [0.1, 0.15) is 22.8 Å². The molecular formula is C21H21FN4O4. The maximum absolute atomic E-state index is 13.7. The number of aromatic nitrogens is 1. The fraction of sp³-hybridized carbons (Fsp3) is 0.190. The van der Waals surface area contributed by atoms with E-state index in [4.69, 9.17) is 9.47 Å². The highest BCUT2D eigenvalue weighted by atomic mass is 19.1. The van der Waals surface area contributed by atoms with Crippen LogP contribution in [0.25, 0.3) is 10.9 Å². The number of amides is 2. The number of nitrogens with one attached hydrogen (secondary N) is 3. The maximum Gasteiger partial charge on any atom is 0.259 e. The summed E-state index contributed by atoms with van der Waals surface area (Å²) in [6.45, 7) is 2.04. The van der Waals surface area contributed by atoms with Crippen molar-refractivity contribution >= 4 is 28.9 Å². The lowest BCUT2D eigenvalue weighted by atomic mass is 10.2. The number of H-pyrrole nitrogens is 1. The molecule has 3 rings (SSSR count). The molecule has 2 amide bonds. The molecule has 9 heteroatoms. The van der Waals surface area contributed by atoms with Gasteiger partial charge in [0, 0.05) is 22.7 Å². The summed E-state index contributed by atoms with van der Waals surface area (Å²) >= 11 is 0. The van der Waals surface area contributed by atoms with E-state index in [1.807, 2.05) is 6.92 Å². The van der Waals surface area contributed by atoms with Crippen LogP contribution < -0.4 is 20.2 Å². The van der Waals surface area contributed by atoms with Gasteiger partial charge in [-0.15, -0.1) is 0 Å². The lowest BCUT2D eigenvalue weighted by Gasteiger charge is -2.11. The molecule has 3 aromatic rings. The molecule has 0 spiro atoms. The van der Waals surface area contributed by atoms with Gasteiger partial charge in [-0.25, -0.2) is 9.82 Å². The number of nitrogens with zero attached hydrogens (tertiary/aromatic N) is 1. The topological polar surface area (TPSA) is 105 Å². The summed E-state index contributed by atoms with van der Waals surface area (Å²) in [5.41, 5.74) is 3.63. The highest BCUT2D eigenvalue weighted by Gasteiger charge is 2.12. The van der Waals surface area contributed by atoms with Crippen LogP contribution in [0.2, 0.25) is 0 Å². The molecule has 30 heavy (non-hydrogen) atoms. The Morgan fingerprint density at radius 2 is 2.07 bits per heavy atom. The first-order chi connectivity index (χ1) is 14.5. The Hall–Kier alpha value is -3.88. The summed E-state index contributed by atoms with van der Waals surface area (Å²) < 4.78 is 24.3. The van der Waals surface area contributed by atoms with E-state index < -0.39 is 11.8 Å². The van der Waals surface area contributed by atoms with Crippen molar-refractivity contribution in [2.24, 2.45) is 5.10 Å². The molecule has 3 N–H and O–H groups in total. The predicted molar refractivity (Wildman–Crippen MR) is 110 cm³/mol. The maximum atomic E-state index is 13.7. The van der Waals surface area contributed by atoms with E-state index in [2.05, 4.69) is 20.8 Å². The van der Waals surface area contributed by atoms with Crippen LogP contribution in [0.15, 0.2) is 47.7 Å². The average Bonchev–Trinajstić information content (AvgIpc) is 3.17. The third-order valence-corrected chi connectivity index (χ3v) is 4.22. The quantitative estimate of drug-likeness (QED) is 0.391. The zero-order valence-electron chi connectivity index (χ0n) is 16.5. The summed E-state index contributed by atoms with van der Waals surface area (Å²) in [5, 5.41) is 7.00. The monoisotopic (exact) mass is 412 g/mol. The van der Waals surface area contributed by atoms with Crippen LogP contribution in [0.4, 0.5) is 4.39 Å². The lowest BCUT2D eigenvalue weighted by Crippen LogP contribution is -2.34. The zero-order chi connectivity index (χ0) is 21.5. The summed E-state index contributed by atoms with van der Waals surface area (Å²) in [7, 11) is 1.48. The van der Waals surface area contributed by atoms with Gasteiger partial charge >= 0.3 is 0 Å². The molecule has 2 aromatic carbocycles. The summed E-state index contributed by atoms with van der Waals surface area (Å²) in [6.07, 6.45) is 2.99. The number of halogens is 1. The number of para-hydroxylation sites is 1. The first-order valence-corrected chi connectivity index (χ1v) is 9.20. The van der Waals surface area contributed by atoms with Gasteiger partial charge in [-0.1, -0.05) is 12.1 Å². The Kier molecular flexibility index (Phi) is 6.63. The van der Waals surface area contributed by atoms with E-state index >= 15 is 0 Å². The van der Waals surface area contributed by atoms with Gasteiger partial charge in [0.15, 0.2) is 11.5 Å². The Morgan fingerprint density at radius 1 is 1.23 bits per heavy atom. The Morgan fingerprint density at radius 3 is 2.83 bits per heavy atom. The number of carbonyl (C=O) groups is 2. The standard InChI is InChI=1S/C21H21FN4O4/c1-3-30-17-8-7-13(9-18(17)29-2)21(28)24-12-19(27)26-25-11-14-10-23-20-15(14)5-4-6-16(20)22/h4-11,23H,3,12H2,1-2H3,(H,24,28)(H,26,27)/b25-11+. The minimum Gasteiger partial charge on any atom is -0.493 e. The molecule has 0 saturated heterocycles. The van der Waals surface area contributed by atoms with Crippen molar-refractivity contribution in [3.63, 3.8) is 0 Å². The van der Waals surface area contributed by atoms with Crippen molar-refractivity contribution in [1.82, 2.24) is 15.7 Å². The van der Waals surface area contributed by atoms with E-state index in [1.165, 1.54) is 25.5 Å². The van der Waals surface area contributed by atoms with Gasteiger partial charge in [-0.05, 0) is 31.2 Å². The van der Waals surface area contributed by atoms with Crippen molar-refractivity contribution in [2.75, 3.05) is 20.3 Å². The van der Waals surface area contributed by atoms with Crippen molar-refractivity contribution < 1.29 is 23.5 Å². The minimum absolute atomic E-state index is 0.270. The molecule has 1 heterocycles. The number of methoxy groups -OCH3 is 1. The minimum atomic E-state index is -0.511. The highest BCUT2D eigenvalue weighted by Crippen LogP contribution is 2.28.